The van der Waals surface area contributed by atoms with E-state index in [1.165, 1.54) is 11.1 Å². The molecule has 1 heterocycles. The van der Waals surface area contributed by atoms with Crippen molar-refractivity contribution in [2.24, 2.45) is 0 Å². The van der Waals surface area contributed by atoms with Gasteiger partial charge in [0.05, 0.1) is 6.04 Å². The Balaban J connectivity index is 1.97. The van der Waals surface area contributed by atoms with Gasteiger partial charge in [-0.15, -0.1) is 11.8 Å². The second-order valence-electron chi connectivity index (χ2n) is 4.30. The molecule has 0 aromatic heterocycles. The molecule has 1 aliphatic heterocycles. The molecule has 17 heavy (non-hydrogen) atoms. The minimum atomic E-state index is -0.0245. The molecule has 0 saturated carbocycles. The van der Waals surface area contributed by atoms with Crippen LogP contribution in [0.3, 0.4) is 0 Å². The highest BCUT2D eigenvalue weighted by atomic mass is 16.1. The number of carbonyl (C=O) groups is 1. The summed E-state index contributed by atoms with van der Waals surface area (Å²) in [7, 11) is 0. The molecule has 0 aliphatic carbocycles. The van der Waals surface area contributed by atoms with Crippen molar-refractivity contribution in [2.45, 2.75) is 38.8 Å². The Kier molecular flexibility index (Phi) is 3.95. The van der Waals surface area contributed by atoms with Crippen LogP contribution in [0.4, 0.5) is 0 Å². The second-order valence-corrected chi connectivity index (χ2v) is 4.30. The fourth-order valence-corrected chi connectivity index (χ4v) is 2.17. The zero-order valence-corrected chi connectivity index (χ0v) is 10.1. The molecule has 0 bridgehead atoms. The highest BCUT2D eigenvalue weighted by Gasteiger charge is 2.22. The molecule has 0 amide bonds. The van der Waals surface area contributed by atoms with Crippen molar-refractivity contribution >= 4 is 5.78 Å². The number of carbonyl (C=O) groups excluding carboxylic acids is 1. The Bertz CT molecular complexity index is 467. The third kappa shape index (κ3) is 2.95. The lowest BCUT2D eigenvalue weighted by Crippen LogP contribution is -2.41. The summed E-state index contributed by atoms with van der Waals surface area (Å²) in [6.45, 7) is 2.60. The van der Waals surface area contributed by atoms with E-state index in [1.54, 1.807) is 6.92 Å². The lowest BCUT2D eigenvalue weighted by Gasteiger charge is -2.24. The van der Waals surface area contributed by atoms with E-state index in [4.69, 9.17) is 0 Å². The van der Waals surface area contributed by atoms with E-state index >= 15 is 0 Å². The normalized spacial score (nSPS) is 17.8. The SMILES string of the molecule is CC#CCCC(=O)C1Cc2ccccc2CN1. The van der Waals surface area contributed by atoms with Crippen LogP contribution in [-0.4, -0.2) is 11.8 Å². The molecule has 1 atom stereocenters. The lowest BCUT2D eigenvalue weighted by molar-refractivity contribution is -0.121. The van der Waals surface area contributed by atoms with Crippen molar-refractivity contribution in [1.29, 1.82) is 0 Å². The fraction of sp³-hybridized carbons (Fsp3) is 0.400. The van der Waals surface area contributed by atoms with Gasteiger partial charge < -0.3 is 5.32 Å². The Morgan fingerprint density at radius 3 is 2.94 bits per heavy atom. The monoisotopic (exact) mass is 227 g/mol. The minimum Gasteiger partial charge on any atom is -0.303 e. The molecule has 1 unspecified atom stereocenters. The van der Waals surface area contributed by atoms with Crippen molar-refractivity contribution in [1.82, 2.24) is 5.32 Å². The number of hydrogen-bond donors (Lipinski definition) is 1. The molecule has 0 radical (unpaired) electrons. The van der Waals surface area contributed by atoms with Crippen LogP contribution in [0.5, 0.6) is 0 Å². The van der Waals surface area contributed by atoms with E-state index in [-0.39, 0.29) is 11.8 Å². The van der Waals surface area contributed by atoms with Gasteiger partial charge in [-0.3, -0.25) is 4.79 Å². The first-order valence-electron chi connectivity index (χ1n) is 6.03. The van der Waals surface area contributed by atoms with Gasteiger partial charge in [-0.1, -0.05) is 24.3 Å². The molecule has 2 rings (SSSR count). The number of ketones is 1. The van der Waals surface area contributed by atoms with Gasteiger partial charge in [0.15, 0.2) is 5.78 Å². The number of Topliss-reactive ketones (excluding diaryl/α,β-unsaturated/α-hetero) is 1. The Labute approximate surface area is 102 Å². The standard InChI is InChI=1S/C15H17NO/c1-2-3-4-9-15(17)14-10-12-7-5-6-8-13(12)11-16-14/h5-8,14,16H,4,9-11H2,1H3. The molecule has 1 aromatic rings. The molecule has 88 valence electrons. The number of benzene rings is 1. The summed E-state index contributed by atoms with van der Waals surface area (Å²) in [5.41, 5.74) is 2.61. The van der Waals surface area contributed by atoms with Crippen molar-refractivity contribution in [2.75, 3.05) is 0 Å². The fourth-order valence-electron chi connectivity index (χ4n) is 2.17. The summed E-state index contributed by atoms with van der Waals surface area (Å²) in [4.78, 5) is 12.0. The summed E-state index contributed by atoms with van der Waals surface area (Å²) in [6.07, 6.45) is 2.05. The topological polar surface area (TPSA) is 29.1 Å². The molecule has 0 fully saturated rings. The molecular weight excluding hydrogens is 210 g/mol. The summed E-state index contributed by atoms with van der Waals surface area (Å²) in [5, 5.41) is 3.30. The van der Waals surface area contributed by atoms with Crippen molar-refractivity contribution in [3.8, 4) is 11.8 Å². The van der Waals surface area contributed by atoms with Gasteiger partial charge >= 0.3 is 0 Å². The van der Waals surface area contributed by atoms with Gasteiger partial charge in [-0.25, -0.2) is 0 Å². The van der Waals surface area contributed by atoms with E-state index in [0.717, 1.165) is 13.0 Å². The van der Waals surface area contributed by atoms with Crippen LogP contribution in [0.1, 0.15) is 30.9 Å². The Morgan fingerprint density at radius 2 is 2.18 bits per heavy atom. The Hall–Kier alpha value is -1.59. The molecular formula is C15H17NO. The minimum absolute atomic E-state index is 0.0245. The van der Waals surface area contributed by atoms with Crippen LogP contribution in [-0.2, 0) is 17.8 Å². The first-order valence-corrected chi connectivity index (χ1v) is 6.03. The molecule has 0 spiro atoms. The smallest absolute Gasteiger partial charge is 0.151 e. The van der Waals surface area contributed by atoms with Crippen LogP contribution >= 0.6 is 0 Å². The predicted octanol–water partition coefficient (Wildman–Crippen LogP) is 2.07. The van der Waals surface area contributed by atoms with Crippen LogP contribution in [0.15, 0.2) is 24.3 Å². The number of rotatable bonds is 3. The van der Waals surface area contributed by atoms with Crippen molar-refractivity contribution in [3.05, 3.63) is 35.4 Å². The summed E-state index contributed by atoms with van der Waals surface area (Å²) < 4.78 is 0. The molecule has 2 nitrogen and oxygen atoms in total. The molecule has 0 saturated heterocycles. The third-order valence-electron chi connectivity index (χ3n) is 3.14. The second kappa shape index (κ2) is 5.65. The van der Waals surface area contributed by atoms with E-state index in [0.29, 0.717) is 12.8 Å². The van der Waals surface area contributed by atoms with Gasteiger partial charge in [0.25, 0.3) is 0 Å². The van der Waals surface area contributed by atoms with Gasteiger partial charge in [0.2, 0.25) is 0 Å². The first-order chi connectivity index (χ1) is 8.31. The highest BCUT2D eigenvalue weighted by Crippen LogP contribution is 2.17. The lowest BCUT2D eigenvalue weighted by atomic mass is 9.92. The average Bonchev–Trinajstić information content (AvgIpc) is 2.38. The summed E-state index contributed by atoms with van der Waals surface area (Å²) in [5.74, 6) is 6.04. The quantitative estimate of drug-likeness (QED) is 0.801. The average molecular weight is 227 g/mol. The van der Waals surface area contributed by atoms with Gasteiger partial charge in [0, 0.05) is 19.4 Å². The maximum Gasteiger partial charge on any atom is 0.151 e. The van der Waals surface area contributed by atoms with Crippen LogP contribution in [0.25, 0.3) is 0 Å². The van der Waals surface area contributed by atoms with Gasteiger partial charge in [-0.05, 0) is 24.5 Å². The summed E-state index contributed by atoms with van der Waals surface area (Å²) in [6, 6.07) is 8.28. The largest absolute Gasteiger partial charge is 0.303 e. The summed E-state index contributed by atoms with van der Waals surface area (Å²) >= 11 is 0. The van der Waals surface area contributed by atoms with Gasteiger partial charge in [0.1, 0.15) is 0 Å². The number of hydrogen-bond acceptors (Lipinski definition) is 2. The first kappa shape index (κ1) is 11.9. The van der Waals surface area contributed by atoms with Crippen molar-refractivity contribution in [3.63, 3.8) is 0 Å². The highest BCUT2D eigenvalue weighted by molar-refractivity contribution is 5.84. The number of fused-ring (bicyclic) bond motifs is 1. The predicted molar refractivity (Wildman–Crippen MR) is 68.5 cm³/mol. The van der Waals surface area contributed by atoms with Crippen LogP contribution in [0.2, 0.25) is 0 Å². The van der Waals surface area contributed by atoms with Gasteiger partial charge in [-0.2, -0.15) is 0 Å². The van der Waals surface area contributed by atoms with E-state index < -0.39 is 0 Å². The zero-order chi connectivity index (χ0) is 12.1. The zero-order valence-electron chi connectivity index (χ0n) is 10.1. The Morgan fingerprint density at radius 1 is 1.41 bits per heavy atom. The molecule has 1 aliphatic rings. The van der Waals surface area contributed by atoms with Crippen LogP contribution in [0, 0.1) is 11.8 Å². The third-order valence-corrected chi connectivity index (χ3v) is 3.14. The maximum atomic E-state index is 12.0. The maximum absolute atomic E-state index is 12.0. The van der Waals surface area contributed by atoms with E-state index in [2.05, 4.69) is 29.3 Å². The van der Waals surface area contributed by atoms with Crippen molar-refractivity contribution < 1.29 is 4.79 Å². The van der Waals surface area contributed by atoms with E-state index in [9.17, 15) is 4.79 Å². The molecule has 2 heteroatoms. The van der Waals surface area contributed by atoms with E-state index in [1.807, 2.05) is 12.1 Å². The molecule has 1 aromatic carbocycles. The molecule has 1 N–H and O–H groups in total. The van der Waals surface area contributed by atoms with Crippen LogP contribution < -0.4 is 5.32 Å². The number of nitrogens with one attached hydrogen (secondary N) is 1.